The lowest BCUT2D eigenvalue weighted by Gasteiger charge is -2.49. The van der Waals surface area contributed by atoms with Gasteiger partial charge in [0.25, 0.3) is 5.91 Å². The predicted octanol–water partition coefficient (Wildman–Crippen LogP) is 1.42. The number of amides is 3. The monoisotopic (exact) mass is 479 g/mol. The topological polar surface area (TPSA) is 166 Å². The number of benzene rings is 1. The van der Waals surface area contributed by atoms with Gasteiger partial charge in [-0.3, -0.25) is 14.5 Å². The highest BCUT2D eigenvalue weighted by Gasteiger charge is 2.54. The zero-order valence-electron chi connectivity index (χ0n) is 18.4. The van der Waals surface area contributed by atoms with Crippen LogP contribution in [0.25, 0.3) is 0 Å². The Bertz CT molecular complexity index is 1030. The van der Waals surface area contributed by atoms with Gasteiger partial charge in [-0.25, -0.2) is 9.59 Å². The fraction of sp³-hybridized carbons (Fsp3) is 0.429. The second-order valence-electron chi connectivity index (χ2n) is 8.61. The lowest BCUT2D eigenvalue weighted by atomic mass is 10.0. The average Bonchev–Trinajstić information content (AvgIpc) is 2.69. The minimum atomic E-state index is -1.51. The van der Waals surface area contributed by atoms with Crippen LogP contribution in [-0.2, 0) is 19.1 Å². The van der Waals surface area contributed by atoms with Crippen molar-refractivity contribution in [3.63, 3.8) is 0 Å². The fourth-order valence-corrected chi connectivity index (χ4v) is 4.78. The number of aromatic hydroxyl groups is 2. The summed E-state index contributed by atoms with van der Waals surface area (Å²) < 4.78 is 5.19. The van der Waals surface area contributed by atoms with Crippen molar-refractivity contribution < 1.29 is 39.2 Å². The van der Waals surface area contributed by atoms with E-state index in [4.69, 9.17) is 4.74 Å². The highest BCUT2D eigenvalue weighted by Crippen LogP contribution is 2.41. The number of carbonyl (C=O) groups is 4. The van der Waals surface area contributed by atoms with E-state index in [2.05, 4.69) is 10.6 Å². The van der Waals surface area contributed by atoms with Crippen LogP contribution in [0, 0.1) is 0 Å². The van der Waals surface area contributed by atoms with Gasteiger partial charge in [0, 0.05) is 10.8 Å². The van der Waals surface area contributed by atoms with E-state index in [1.807, 2.05) is 0 Å². The SMILES string of the molecule is CC1C=C(C(=O)O)N2C(=O)C(NC(=O)C(NC(=O)OC(C)(C)C)c3cc(O)ccc3O)[C@@H]2S1. The van der Waals surface area contributed by atoms with Gasteiger partial charge in [-0.1, -0.05) is 0 Å². The number of phenols is 2. The normalized spacial score (nSPS) is 22.9. The Morgan fingerprint density at radius 3 is 2.48 bits per heavy atom. The second kappa shape index (κ2) is 8.85. The molecule has 0 saturated carbocycles. The molecule has 2 aliphatic rings. The lowest BCUT2D eigenvalue weighted by Crippen LogP contribution is -2.71. The summed E-state index contributed by atoms with van der Waals surface area (Å²) in [5, 5.41) is 33.5. The molecule has 1 saturated heterocycles. The van der Waals surface area contributed by atoms with Crippen molar-refractivity contribution in [3.05, 3.63) is 35.5 Å². The van der Waals surface area contributed by atoms with E-state index in [9.17, 15) is 34.5 Å². The maximum atomic E-state index is 13.1. The van der Waals surface area contributed by atoms with Crippen LogP contribution >= 0.6 is 11.8 Å². The van der Waals surface area contributed by atoms with Crippen molar-refractivity contribution in [3.8, 4) is 11.5 Å². The summed E-state index contributed by atoms with van der Waals surface area (Å²) in [7, 11) is 0. The van der Waals surface area contributed by atoms with E-state index in [0.29, 0.717) is 0 Å². The van der Waals surface area contributed by atoms with E-state index in [1.54, 1.807) is 27.7 Å². The summed E-state index contributed by atoms with van der Waals surface area (Å²) >= 11 is 1.30. The number of hydrogen-bond acceptors (Lipinski definition) is 8. The third-order valence-electron chi connectivity index (χ3n) is 4.81. The molecule has 0 bridgehead atoms. The molecule has 1 fully saturated rings. The number of carboxylic acid groups (broad SMARTS) is 1. The zero-order chi connectivity index (χ0) is 24.7. The number of phenolic OH excluding ortho intramolecular Hbond substituents is 2. The summed E-state index contributed by atoms with van der Waals surface area (Å²) in [6, 6.07) is 0.911. The van der Waals surface area contributed by atoms with Crippen molar-refractivity contribution >= 4 is 35.6 Å². The van der Waals surface area contributed by atoms with E-state index in [-0.39, 0.29) is 28.0 Å². The number of nitrogens with zero attached hydrogens (tertiary/aromatic N) is 1. The van der Waals surface area contributed by atoms with Gasteiger partial charge in [-0.05, 0) is 52.0 Å². The van der Waals surface area contributed by atoms with Crippen LogP contribution in [0.1, 0.15) is 39.3 Å². The molecule has 2 aliphatic heterocycles. The quantitative estimate of drug-likeness (QED) is 0.310. The molecule has 3 rings (SSSR count). The average molecular weight is 480 g/mol. The van der Waals surface area contributed by atoms with Crippen LogP contribution in [-0.4, -0.2) is 66.4 Å². The standard InChI is InChI=1S/C21H25N3O8S/c1-9-7-12(19(29)30)24-17(28)15(18(24)33-9)22-16(27)14(23-20(31)32-21(2,3)4)11-8-10(25)5-6-13(11)26/h5-9,14-15,18,25-26H,1-4H3,(H,22,27)(H,23,31)(H,29,30)/t9?,14?,15?,18-/m0/s1. The number of carboxylic acids is 1. The summed E-state index contributed by atoms with van der Waals surface area (Å²) in [6.45, 7) is 6.66. The number of nitrogens with one attached hydrogen (secondary N) is 2. The third kappa shape index (κ3) is 5.16. The Morgan fingerprint density at radius 1 is 1.21 bits per heavy atom. The summed E-state index contributed by atoms with van der Waals surface area (Å²) in [6.07, 6.45) is 0.501. The molecule has 12 heteroatoms. The van der Waals surface area contributed by atoms with Crippen LogP contribution in [0.15, 0.2) is 30.0 Å². The summed E-state index contributed by atoms with van der Waals surface area (Å²) in [5.74, 6) is -3.34. The molecule has 2 heterocycles. The molecule has 0 spiro atoms. The van der Waals surface area contributed by atoms with Gasteiger partial charge in [-0.15, -0.1) is 11.8 Å². The molecule has 11 nitrogen and oxygen atoms in total. The molecule has 0 aromatic heterocycles. The second-order valence-corrected chi connectivity index (χ2v) is 10.1. The highest BCUT2D eigenvalue weighted by atomic mass is 32.2. The number of carbonyl (C=O) groups excluding carboxylic acids is 3. The first-order chi connectivity index (χ1) is 15.3. The van der Waals surface area contributed by atoms with E-state index in [0.717, 1.165) is 17.0 Å². The molecular weight excluding hydrogens is 454 g/mol. The molecular formula is C21H25N3O8S. The number of fused-ring (bicyclic) bond motifs is 1. The summed E-state index contributed by atoms with van der Waals surface area (Å²) in [4.78, 5) is 50.7. The number of rotatable bonds is 5. The first-order valence-electron chi connectivity index (χ1n) is 10.0. The molecule has 33 heavy (non-hydrogen) atoms. The molecule has 5 N–H and O–H groups in total. The van der Waals surface area contributed by atoms with Gasteiger partial charge >= 0.3 is 12.1 Å². The number of alkyl carbamates (subject to hydrolysis) is 1. The number of thioether (sulfide) groups is 1. The first-order valence-corrected chi connectivity index (χ1v) is 11.0. The third-order valence-corrected chi connectivity index (χ3v) is 6.14. The highest BCUT2D eigenvalue weighted by molar-refractivity contribution is 8.00. The van der Waals surface area contributed by atoms with Gasteiger partial charge in [0.15, 0.2) is 0 Å². The van der Waals surface area contributed by atoms with Crippen LogP contribution in [0.4, 0.5) is 4.79 Å². The Balaban J connectivity index is 1.84. The van der Waals surface area contributed by atoms with Crippen molar-refractivity contribution in [2.24, 2.45) is 0 Å². The van der Waals surface area contributed by atoms with E-state index >= 15 is 0 Å². The Morgan fingerprint density at radius 2 is 1.88 bits per heavy atom. The summed E-state index contributed by atoms with van der Waals surface area (Å²) in [5.41, 5.74) is -1.14. The molecule has 178 valence electrons. The minimum absolute atomic E-state index is 0.113. The number of hydrogen-bond donors (Lipinski definition) is 5. The number of aliphatic carboxylic acids is 1. The predicted molar refractivity (Wildman–Crippen MR) is 117 cm³/mol. The molecule has 3 amide bonds. The van der Waals surface area contributed by atoms with E-state index in [1.165, 1.54) is 23.9 Å². The van der Waals surface area contributed by atoms with Crippen LogP contribution < -0.4 is 10.6 Å². The largest absolute Gasteiger partial charge is 0.508 e. The van der Waals surface area contributed by atoms with Crippen molar-refractivity contribution in [2.45, 2.75) is 56.0 Å². The Hall–Kier alpha value is -3.41. The van der Waals surface area contributed by atoms with Gasteiger partial charge < -0.3 is 30.7 Å². The number of ether oxygens (including phenoxy) is 1. The molecule has 0 aliphatic carbocycles. The van der Waals surface area contributed by atoms with Crippen LogP contribution in [0.2, 0.25) is 0 Å². The smallest absolute Gasteiger partial charge is 0.408 e. The van der Waals surface area contributed by atoms with Crippen molar-refractivity contribution in [1.82, 2.24) is 15.5 Å². The fourth-order valence-electron chi connectivity index (χ4n) is 3.45. The lowest BCUT2D eigenvalue weighted by molar-refractivity contribution is -0.150. The zero-order valence-corrected chi connectivity index (χ0v) is 19.2. The molecule has 4 atom stereocenters. The van der Waals surface area contributed by atoms with E-state index < -0.39 is 46.9 Å². The van der Waals surface area contributed by atoms with Gasteiger partial charge in [0.1, 0.15) is 40.3 Å². The Kier molecular flexibility index (Phi) is 6.50. The van der Waals surface area contributed by atoms with Crippen LogP contribution in [0.5, 0.6) is 11.5 Å². The van der Waals surface area contributed by atoms with Gasteiger partial charge in [-0.2, -0.15) is 0 Å². The van der Waals surface area contributed by atoms with Crippen molar-refractivity contribution in [1.29, 1.82) is 0 Å². The molecule has 1 aromatic rings. The maximum absolute atomic E-state index is 13.1. The molecule has 1 aromatic carbocycles. The number of β-lactam (4-membered cyclic amide) rings is 1. The minimum Gasteiger partial charge on any atom is -0.508 e. The molecule has 0 radical (unpaired) electrons. The maximum Gasteiger partial charge on any atom is 0.408 e. The van der Waals surface area contributed by atoms with Crippen molar-refractivity contribution in [2.75, 3.05) is 0 Å². The van der Waals surface area contributed by atoms with Gasteiger partial charge in [0.2, 0.25) is 5.91 Å². The first kappa shape index (κ1) is 24.2. The van der Waals surface area contributed by atoms with Gasteiger partial charge in [0.05, 0.1) is 0 Å². The molecule has 3 unspecified atom stereocenters. The Labute approximate surface area is 193 Å². The van der Waals surface area contributed by atoms with Crippen LogP contribution in [0.3, 0.4) is 0 Å².